The van der Waals surface area contributed by atoms with E-state index >= 15 is 0 Å². The van der Waals surface area contributed by atoms with Crippen LogP contribution in [-0.2, 0) is 5.41 Å². The third kappa shape index (κ3) is 4.03. The van der Waals surface area contributed by atoms with Gasteiger partial charge in [0.15, 0.2) is 0 Å². The second-order valence-corrected chi connectivity index (χ2v) is 11.3. The van der Waals surface area contributed by atoms with Crippen molar-refractivity contribution in [3.8, 4) is 22.3 Å². The molecule has 1 nitrogen and oxygen atoms in total. The monoisotopic (exact) mass is 481 g/mol. The fraction of sp³-hybridized carbons (Fsp3) is 0.222. The van der Waals surface area contributed by atoms with Gasteiger partial charge in [-0.3, -0.25) is 0 Å². The molecule has 2 unspecified atom stereocenters. The molecule has 184 valence electrons. The van der Waals surface area contributed by atoms with Crippen molar-refractivity contribution in [1.29, 1.82) is 0 Å². The van der Waals surface area contributed by atoms with E-state index in [4.69, 9.17) is 0 Å². The Morgan fingerprint density at radius 3 is 2.11 bits per heavy atom. The van der Waals surface area contributed by atoms with Crippen LogP contribution < -0.4 is 5.32 Å². The fourth-order valence-electron chi connectivity index (χ4n) is 6.51. The average Bonchev–Trinajstić information content (AvgIpc) is 3.13. The molecule has 4 aromatic carbocycles. The summed E-state index contributed by atoms with van der Waals surface area (Å²) in [5.74, 6) is 0.379. The number of fused-ring (bicyclic) bond motifs is 2. The van der Waals surface area contributed by atoms with Gasteiger partial charge in [-0.15, -0.1) is 0 Å². The number of rotatable bonds is 4. The second kappa shape index (κ2) is 8.92. The molecule has 0 aliphatic heterocycles. The fourth-order valence-corrected chi connectivity index (χ4v) is 6.51. The highest BCUT2D eigenvalue weighted by atomic mass is 14.9. The minimum atomic E-state index is 0.0322. The largest absolute Gasteiger partial charge is 0.378 e. The molecule has 0 bridgehead atoms. The van der Waals surface area contributed by atoms with Crippen molar-refractivity contribution in [3.05, 3.63) is 131 Å². The number of allylic oxidation sites excluding steroid dienone is 2. The third-order valence-electron chi connectivity index (χ3n) is 8.34. The molecule has 0 heterocycles. The van der Waals surface area contributed by atoms with E-state index < -0.39 is 0 Å². The van der Waals surface area contributed by atoms with Crippen LogP contribution in [0.25, 0.3) is 27.8 Å². The Morgan fingerprint density at radius 2 is 1.35 bits per heavy atom. The van der Waals surface area contributed by atoms with Crippen LogP contribution in [0.4, 0.5) is 5.69 Å². The van der Waals surface area contributed by atoms with E-state index in [2.05, 4.69) is 143 Å². The topological polar surface area (TPSA) is 12.0 Å². The normalized spacial score (nSPS) is 19.5. The number of anilines is 1. The Morgan fingerprint density at radius 1 is 0.676 bits per heavy atom. The Bertz CT molecular complexity index is 1570. The molecule has 0 saturated heterocycles. The highest BCUT2D eigenvalue weighted by molar-refractivity contribution is 5.88. The van der Waals surface area contributed by atoms with Gasteiger partial charge >= 0.3 is 0 Å². The van der Waals surface area contributed by atoms with Gasteiger partial charge in [0, 0.05) is 22.6 Å². The quantitative estimate of drug-likeness (QED) is 0.306. The zero-order valence-corrected chi connectivity index (χ0v) is 22.5. The Hall–Kier alpha value is -3.84. The SMILES string of the molecule is Cc1cccc(-c2ccc(NC3C=CC4=C(C3C)C(C)(C)c3ccccc34)c(-c3cccc(C)c3)c2)c1. The highest BCUT2D eigenvalue weighted by Crippen LogP contribution is 2.52. The van der Waals surface area contributed by atoms with E-state index in [9.17, 15) is 0 Å². The van der Waals surface area contributed by atoms with Gasteiger partial charge in [0.1, 0.15) is 0 Å². The highest BCUT2D eigenvalue weighted by Gasteiger charge is 2.42. The smallest absolute Gasteiger partial charge is 0.0511 e. The maximum absolute atomic E-state index is 3.96. The summed E-state index contributed by atoms with van der Waals surface area (Å²) in [5, 5.41) is 3.96. The summed E-state index contributed by atoms with van der Waals surface area (Å²) in [6.45, 7) is 11.5. The molecule has 4 aromatic rings. The summed E-state index contributed by atoms with van der Waals surface area (Å²) in [5.41, 5.74) is 14.6. The molecule has 0 amide bonds. The van der Waals surface area contributed by atoms with Crippen molar-refractivity contribution in [1.82, 2.24) is 0 Å². The van der Waals surface area contributed by atoms with Crippen molar-refractivity contribution in [2.24, 2.45) is 5.92 Å². The lowest BCUT2D eigenvalue weighted by atomic mass is 9.72. The van der Waals surface area contributed by atoms with Gasteiger partial charge < -0.3 is 5.32 Å². The number of hydrogen-bond donors (Lipinski definition) is 1. The van der Waals surface area contributed by atoms with Crippen LogP contribution in [0.5, 0.6) is 0 Å². The average molecular weight is 482 g/mol. The Kier molecular flexibility index (Phi) is 5.68. The van der Waals surface area contributed by atoms with Crippen LogP contribution >= 0.6 is 0 Å². The molecule has 1 N–H and O–H groups in total. The minimum absolute atomic E-state index is 0.0322. The zero-order chi connectivity index (χ0) is 25.7. The molecule has 37 heavy (non-hydrogen) atoms. The molecule has 0 fully saturated rings. The van der Waals surface area contributed by atoms with E-state index in [-0.39, 0.29) is 11.5 Å². The molecule has 0 spiro atoms. The molecule has 0 aromatic heterocycles. The molecule has 6 rings (SSSR count). The van der Waals surface area contributed by atoms with E-state index in [1.165, 1.54) is 55.8 Å². The van der Waals surface area contributed by atoms with E-state index in [1.807, 2.05) is 0 Å². The first kappa shape index (κ1) is 23.6. The van der Waals surface area contributed by atoms with Crippen molar-refractivity contribution in [2.75, 3.05) is 5.32 Å². The Labute approximate surface area is 221 Å². The first-order valence-electron chi connectivity index (χ1n) is 13.4. The van der Waals surface area contributed by atoms with Crippen LogP contribution in [0.2, 0.25) is 0 Å². The Balaban J connectivity index is 1.39. The molecule has 2 atom stereocenters. The van der Waals surface area contributed by atoms with Crippen LogP contribution in [-0.4, -0.2) is 6.04 Å². The molecule has 1 heteroatoms. The predicted molar refractivity (Wildman–Crippen MR) is 159 cm³/mol. The van der Waals surface area contributed by atoms with Crippen LogP contribution in [0.3, 0.4) is 0 Å². The summed E-state index contributed by atoms with van der Waals surface area (Å²) >= 11 is 0. The van der Waals surface area contributed by atoms with Crippen LogP contribution in [0, 0.1) is 19.8 Å². The van der Waals surface area contributed by atoms with Crippen LogP contribution in [0.1, 0.15) is 43.0 Å². The van der Waals surface area contributed by atoms with Gasteiger partial charge in [0.25, 0.3) is 0 Å². The van der Waals surface area contributed by atoms with E-state index in [0.29, 0.717) is 5.92 Å². The van der Waals surface area contributed by atoms with Gasteiger partial charge in [-0.25, -0.2) is 0 Å². The van der Waals surface area contributed by atoms with Gasteiger partial charge in [0.05, 0.1) is 6.04 Å². The molecule has 0 radical (unpaired) electrons. The maximum Gasteiger partial charge on any atom is 0.0511 e. The first-order chi connectivity index (χ1) is 17.8. The number of aryl methyl sites for hydroxylation is 2. The minimum Gasteiger partial charge on any atom is -0.378 e. The van der Waals surface area contributed by atoms with Gasteiger partial charge in [-0.05, 0) is 64.9 Å². The lowest BCUT2D eigenvalue weighted by molar-refractivity contribution is 0.507. The molecule has 2 aliphatic rings. The second-order valence-electron chi connectivity index (χ2n) is 11.3. The summed E-state index contributed by atoms with van der Waals surface area (Å²) in [6.07, 6.45) is 4.73. The van der Waals surface area contributed by atoms with Crippen molar-refractivity contribution in [3.63, 3.8) is 0 Å². The third-order valence-corrected chi connectivity index (χ3v) is 8.34. The van der Waals surface area contributed by atoms with E-state index in [0.717, 1.165) is 0 Å². The number of nitrogens with one attached hydrogen (secondary N) is 1. The lowest BCUT2D eigenvalue weighted by Gasteiger charge is -2.35. The standard InChI is InChI=1S/C36H35N/c1-23-10-8-12-26(20-23)27-16-18-34(31(22-27)28-13-9-11-24(2)21-28)37-33-19-17-30-29-14-6-7-15-32(29)36(4,5)35(30)25(33)3/h6-22,25,33,37H,1-5H3. The first-order valence-corrected chi connectivity index (χ1v) is 13.4. The van der Waals surface area contributed by atoms with Crippen molar-refractivity contribution in [2.45, 2.75) is 46.1 Å². The molecular formula is C36H35N. The molecule has 2 aliphatic carbocycles. The molecule has 0 saturated carbocycles. The van der Waals surface area contributed by atoms with Crippen molar-refractivity contribution < 1.29 is 0 Å². The van der Waals surface area contributed by atoms with E-state index in [1.54, 1.807) is 5.57 Å². The predicted octanol–water partition coefficient (Wildman–Crippen LogP) is 9.37. The van der Waals surface area contributed by atoms with Crippen molar-refractivity contribution >= 4 is 11.3 Å². The molecular weight excluding hydrogens is 446 g/mol. The van der Waals surface area contributed by atoms with Gasteiger partial charge in [-0.2, -0.15) is 0 Å². The summed E-state index contributed by atoms with van der Waals surface area (Å²) in [6, 6.07) is 33.6. The summed E-state index contributed by atoms with van der Waals surface area (Å²) < 4.78 is 0. The number of hydrogen-bond acceptors (Lipinski definition) is 1. The zero-order valence-electron chi connectivity index (χ0n) is 22.5. The van der Waals surface area contributed by atoms with Gasteiger partial charge in [0.2, 0.25) is 0 Å². The number of benzene rings is 4. The lowest BCUT2D eigenvalue weighted by Crippen LogP contribution is -2.34. The maximum atomic E-state index is 3.96. The van der Waals surface area contributed by atoms with Crippen LogP contribution in [0.15, 0.2) is 109 Å². The van der Waals surface area contributed by atoms with Gasteiger partial charge in [-0.1, -0.05) is 123 Å². The summed E-state index contributed by atoms with van der Waals surface area (Å²) in [7, 11) is 0. The summed E-state index contributed by atoms with van der Waals surface area (Å²) in [4.78, 5) is 0.